The minimum Gasteiger partial charge on any atom is -0.443 e. The maximum Gasteiger partial charge on any atom is 0.181 e. The number of hydrogen-bond donors (Lipinski definition) is 0. The van der Waals surface area contributed by atoms with E-state index in [1.54, 1.807) is 0 Å². The second kappa shape index (κ2) is 3.23. The number of aromatic nitrogens is 1. The molecule has 66 valence electrons. The van der Waals surface area contributed by atoms with Crippen LogP contribution < -0.4 is 0 Å². The van der Waals surface area contributed by atoms with Gasteiger partial charge < -0.3 is 4.42 Å². The van der Waals surface area contributed by atoms with Gasteiger partial charge in [0.05, 0.1) is 5.69 Å². The van der Waals surface area contributed by atoms with E-state index in [0.717, 1.165) is 22.0 Å². The van der Waals surface area contributed by atoms with Crippen molar-refractivity contribution in [3.05, 3.63) is 41.4 Å². The molecule has 3 heteroatoms. The standard InChI is InChI=1S/C10H8ClNO/c1-7-10(13-6-12-7)8-2-4-9(11)5-3-8/h2-6H,1H3. The van der Waals surface area contributed by atoms with Gasteiger partial charge in [-0.15, -0.1) is 0 Å². The predicted octanol–water partition coefficient (Wildman–Crippen LogP) is 3.30. The van der Waals surface area contributed by atoms with Gasteiger partial charge in [0.15, 0.2) is 12.2 Å². The summed E-state index contributed by atoms with van der Waals surface area (Å²) >= 11 is 5.77. The van der Waals surface area contributed by atoms with Crippen molar-refractivity contribution in [3.63, 3.8) is 0 Å². The molecule has 1 aromatic carbocycles. The molecule has 1 heterocycles. The van der Waals surface area contributed by atoms with Gasteiger partial charge in [-0.25, -0.2) is 4.98 Å². The number of hydrogen-bond acceptors (Lipinski definition) is 2. The molecule has 0 aliphatic carbocycles. The lowest BCUT2D eigenvalue weighted by atomic mass is 10.1. The van der Waals surface area contributed by atoms with Gasteiger partial charge in [0.2, 0.25) is 0 Å². The molecule has 0 aliphatic rings. The average Bonchev–Trinajstić information content (AvgIpc) is 2.53. The normalized spacial score (nSPS) is 10.3. The largest absolute Gasteiger partial charge is 0.443 e. The minimum atomic E-state index is 0.723. The quantitative estimate of drug-likeness (QED) is 0.695. The zero-order valence-corrected chi connectivity index (χ0v) is 7.88. The first kappa shape index (κ1) is 8.32. The molecule has 2 rings (SSSR count). The Morgan fingerprint density at radius 1 is 1.23 bits per heavy atom. The average molecular weight is 194 g/mol. The monoisotopic (exact) mass is 193 g/mol. The molecular weight excluding hydrogens is 186 g/mol. The number of aryl methyl sites for hydroxylation is 1. The van der Waals surface area contributed by atoms with Gasteiger partial charge in [-0.1, -0.05) is 11.6 Å². The fourth-order valence-corrected chi connectivity index (χ4v) is 1.31. The number of halogens is 1. The molecule has 0 amide bonds. The highest BCUT2D eigenvalue weighted by Gasteiger charge is 2.05. The lowest BCUT2D eigenvalue weighted by molar-refractivity contribution is 0.571. The molecule has 0 saturated carbocycles. The first-order valence-corrected chi connectivity index (χ1v) is 4.31. The van der Waals surface area contributed by atoms with Crippen LogP contribution in [0.4, 0.5) is 0 Å². The van der Waals surface area contributed by atoms with E-state index in [1.807, 2.05) is 31.2 Å². The SMILES string of the molecule is Cc1ncoc1-c1ccc(Cl)cc1. The zero-order valence-electron chi connectivity index (χ0n) is 7.12. The first-order chi connectivity index (χ1) is 6.27. The van der Waals surface area contributed by atoms with Crippen molar-refractivity contribution in [1.82, 2.24) is 4.98 Å². The van der Waals surface area contributed by atoms with Crippen LogP contribution >= 0.6 is 11.6 Å². The minimum absolute atomic E-state index is 0.723. The van der Waals surface area contributed by atoms with Crippen LogP contribution in [-0.4, -0.2) is 4.98 Å². The van der Waals surface area contributed by atoms with E-state index >= 15 is 0 Å². The van der Waals surface area contributed by atoms with Crippen LogP contribution in [0.1, 0.15) is 5.69 Å². The fourth-order valence-electron chi connectivity index (χ4n) is 1.18. The molecule has 2 nitrogen and oxygen atoms in total. The van der Waals surface area contributed by atoms with Gasteiger partial charge in [-0.2, -0.15) is 0 Å². The van der Waals surface area contributed by atoms with Crippen LogP contribution in [0.15, 0.2) is 35.1 Å². The highest BCUT2D eigenvalue weighted by Crippen LogP contribution is 2.23. The Hall–Kier alpha value is -1.28. The molecule has 13 heavy (non-hydrogen) atoms. The highest BCUT2D eigenvalue weighted by molar-refractivity contribution is 6.30. The molecule has 2 aromatic rings. The van der Waals surface area contributed by atoms with E-state index < -0.39 is 0 Å². The van der Waals surface area contributed by atoms with Crippen LogP contribution in [0.5, 0.6) is 0 Å². The summed E-state index contributed by atoms with van der Waals surface area (Å²) in [5, 5.41) is 0.723. The molecule has 0 spiro atoms. The highest BCUT2D eigenvalue weighted by atomic mass is 35.5. The third-order valence-electron chi connectivity index (χ3n) is 1.85. The Labute approximate surface area is 81.2 Å². The van der Waals surface area contributed by atoms with E-state index in [1.165, 1.54) is 6.39 Å². The molecule has 0 unspecified atom stereocenters. The molecule has 0 aliphatic heterocycles. The van der Waals surface area contributed by atoms with Gasteiger partial charge in [0.1, 0.15) is 0 Å². The smallest absolute Gasteiger partial charge is 0.181 e. The lowest BCUT2D eigenvalue weighted by Crippen LogP contribution is -1.77. The van der Waals surface area contributed by atoms with E-state index in [-0.39, 0.29) is 0 Å². The van der Waals surface area contributed by atoms with Crippen molar-refractivity contribution >= 4 is 11.6 Å². The Bertz CT molecular complexity index is 405. The van der Waals surface area contributed by atoms with E-state index in [4.69, 9.17) is 16.0 Å². The molecule has 0 fully saturated rings. The fraction of sp³-hybridized carbons (Fsp3) is 0.100. The van der Waals surface area contributed by atoms with Crippen LogP contribution in [0, 0.1) is 6.92 Å². The van der Waals surface area contributed by atoms with Crippen molar-refractivity contribution in [2.75, 3.05) is 0 Å². The third kappa shape index (κ3) is 1.58. The van der Waals surface area contributed by atoms with Gasteiger partial charge in [-0.05, 0) is 31.2 Å². The maximum absolute atomic E-state index is 5.77. The molecule has 1 aromatic heterocycles. The summed E-state index contributed by atoms with van der Waals surface area (Å²) < 4.78 is 5.24. The summed E-state index contributed by atoms with van der Waals surface area (Å²) in [6, 6.07) is 7.49. The summed E-state index contributed by atoms with van der Waals surface area (Å²) in [4.78, 5) is 4.02. The van der Waals surface area contributed by atoms with E-state index in [0.29, 0.717) is 0 Å². The summed E-state index contributed by atoms with van der Waals surface area (Å²) in [5.74, 6) is 0.802. The third-order valence-corrected chi connectivity index (χ3v) is 2.10. The number of nitrogens with zero attached hydrogens (tertiary/aromatic N) is 1. The molecule has 0 saturated heterocycles. The van der Waals surface area contributed by atoms with Gasteiger partial charge in [-0.3, -0.25) is 0 Å². The first-order valence-electron chi connectivity index (χ1n) is 3.93. The van der Waals surface area contributed by atoms with Crippen molar-refractivity contribution < 1.29 is 4.42 Å². The van der Waals surface area contributed by atoms with Crippen LogP contribution in [0.3, 0.4) is 0 Å². The molecule has 0 atom stereocenters. The number of benzene rings is 1. The van der Waals surface area contributed by atoms with Crippen LogP contribution in [0.25, 0.3) is 11.3 Å². The maximum atomic E-state index is 5.77. The summed E-state index contributed by atoms with van der Waals surface area (Å²) in [6.45, 7) is 1.91. The molecular formula is C10H8ClNO. The summed E-state index contributed by atoms with van der Waals surface area (Å²) in [7, 11) is 0. The lowest BCUT2D eigenvalue weighted by Gasteiger charge is -1.96. The van der Waals surface area contributed by atoms with E-state index in [9.17, 15) is 0 Å². The summed E-state index contributed by atoms with van der Waals surface area (Å²) in [6.07, 6.45) is 1.44. The summed E-state index contributed by atoms with van der Waals surface area (Å²) in [5.41, 5.74) is 1.89. The Morgan fingerprint density at radius 3 is 2.46 bits per heavy atom. The van der Waals surface area contributed by atoms with Crippen LogP contribution in [-0.2, 0) is 0 Å². The molecule has 0 radical (unpaired) electrons. The Morgan fingerprint density at radius 2 is 1.92 bits per heavy atom. The molecule has 0 N–H and O–H groups in total. The van der Waals surface area contributed by atoms with E-state index in [2.05, 4.69) is 4.98 Å². The van der Waals surface area contributed by atoms with Gasteiger partial charge >= 0.3 is 0 Å². The topological polar surface area (TPSA) is 26.0 Å². The Balaban J connectivity index is 2.47. The van der Waals surface area contributed by atoms with Gasteiger partial charge in [0, 0.05) is 10.6 Å². The van der Waals surface area contributed by atoms with Crippen molar-refractivity contribution in [1.29, 1.82) is 0 Å². The van der Waals surface area contributed by atoms with Crippen LogP contribution in [0.2, 0.25) is 5.02 Å². The number of rotatable bonds is 1. The van der Waals surface area contributed by atoms with Crippen molar-refractivity contribution in [2.45, 2.75) is 6.92 Å². The second-order valence-corrected chi connectivity index (χ2v) is 3.21. The van der Waals surface area contributed by atoms with Crippen molar-refractivity contribution in [3.8, 4) is 11.3 Å². The van der Waals surface area contributed by atoms with Crippen molar-refractivity contribution in [2.24, 2.45) is 0 Å². The zero-order chi connectivity index (χ0) is 9.26. The molecule has 0 bridgehead atoms. The predicted molar refractivity (Wildman–Crippen MR) is 51.7 cm³/mol. The van der Waals surface area contributed by atoms with Gasteiger partial charge in [0.25, 0.3) is 0 Å². The number of oxazole rings is 1. The second-order valence-electron chi connectivity index (χ2n) is 2.77. The Kier molecular flexibility index (Phi) is 2.07.